The van der Waals surface area contributed by atoms with Crippen molar-refractivity contribution in [3.05, 3.63) is 0 Å². The first-order valence-corrected chi connectivity index (χ1v) is 10.6. The molecule has 2 aliphatic heterocycles. The maximum absolute atomic E-state index is 12.9. The van der Waals surface area contributed by atoms with Gasteiger partial charge in [-0.05, 0) is 38.6 Å². The lowest BCUT2D eigenvalue weighted by molar-refractivity contribution is -0.136. The van der Waals surface area contributed by atoms with Gasteiger partial charge in [-0.1, -0.05) is 12.8 Å². The van der Waals surface area contributed by atoms with Gasteiger partial charge < -0.3 is 10.2 Å². The zero-order chi connectivity index (χ0) is 16.3. The van der Waals surface area contributed by atoms with Gasteiger partial charge in [0.2, 0.25) is 15.9 Å². The van der Waals surface area contributed by atoms with Crippen LogP contribution in [-0.4, -0.2) is 68.0 Å². The fourth-order valence-electron chi connectivity index (χ4n) is 4.10. The van der Waals surface area contributed by atoms with Gasteiger partial charge in [-0.2, -0.15) is 0 Å². The molecular formula is C16H30ClN3O3S. The molecule has 0 bridgehead atoms. The minimum Gasteiger partial charge on any atom is -0.341 e. The van der Waals surface area contributed by atoms with E-state index in [4.69, 9.17) is 0 Å². The Morgan fingerprint density at radius 2 is 1.67 bits per heavy atom. The monoisotopic (exact) mass is 379 g/mol. The van der Waals surface area contributed by atoms with Crippen LogP contribution in [0.5, 0.6) is 0 Å². The zero-order valence-corrected chi connectivity index (χ0v) is 15.9. The van der Waals surface area contributed by atoms with Crippen molar-refractivity contribution in [2.75, 3.05) is 39.3 Å². The Kier molecular flexibility index (Phi) is 7.34. The molecule has 1 atom stereocenters. The SMILES string of the molecule is Cl.O=C(C1CCCC1)N1CCCC(S(=O)(=O)N2CCCNCC2)C1. The maximum atomic E-state index is 12.9. The fourth-order valence-corrected chi connectivity index (χ4v) is 6.08. The molecular weight excluding hydrogens is 350 g/mol. The fraction of sp³-hybridized carbons (Fsp3) is 0.938. The molecule has 0 aromatic heterocycles. The lowest BCUT2D eigenvalue weighted by Crippen LogP contribution is -2.51. The average Bonchev–Trinajstić information content (AvgIpc) is 2.96. The van der Waals surface area contributed by atoms with Crippen LogP contribution in [0.15, 0.2) is 0 Å². The molecule has 6 nitrogen and oxygen atoms in total. The Labute approximate surface area is 151 Å². The molecule has 1 N–H and O–H groups in total. The third kappa shape index (κ3) is 4.42. The van der Waals surface area contributed by atoms with E-state index in [1.54, 1.807) is 4.31 Å². The first kappa shape index (κ1) is 19.9. The summed E-state index contributed by atoms with van der Waals surface area (Å²) in [5, 5.41) is 2.83. The highest BCUT2D eigenvalue weighted by Gasteiger charge is 2.38. The summed E-state index contributed by atoms with van der Waals surface area (Å²) in [6.07, 6.45) is 6.56. The number of carbonyl (C=O) groups is 1. The number of halogens is 1. The summed E-state index contributed by atoms with van der Waals surface area (Å²) in [5.74, 6) is 0.332. The molecule has 0 radical (unpaired) electrons. The number of likely N-dealkylation sites (tertiary alicyclic amines) is 1. The van der Waals surface area contributed by atoms with Gasteiger partial charge in [-0.25, -0.2) is 12.7 Å². The van der Waals surface area contributed by atoms with E-state index in [0.29, 0.717) is 26.1 Å². The predicted octanol–water partition coefficient (Wildman–Crippen LogP) is 1.21. The van der Waals surface area contributed by atoms with Crippen molar-refractivity contribution in [3.8, 4) is 0 Å². The molecule has 1 saturated carbocycles. The van der Waals surface area contributed by atoms with Crippen molar-refractivity contribution in [3.63, 3.8) is 0 Å². The minimum atomic E-state index is -3.30. The van der Waals surface area contributed by atoms with Crippen LogP contribution in [0.4, 0.5) is 0 Å². The van der Waals surface area contributed by atoms with Crippen LogP contribution < -0.4 is 5.32 Å². The number of hydrogen-bond acceptors (Lipinski definition) is 4. The molecule has 1 amide bonds. The molecule has 3 fully saturated rings. The van der Waals surface area contributed by atoms with Gasteiger partial charge >= 0.3 is 0 Å². The number of hydrogen-bond donors (Lipinski definition) is 1. The van der Waals surface area contributed by atoms with Crippen LogP contribution in [0.25, 0.3) is 0 Å². The standard InChI is InChI=1S/C16H29N3O3S.ClH/c20-16(14-5-1-2-6-14)18-10-3-7-15(13-18)23(21,22)19-11-4-8-17-9-12-19;/h14-15,17H,1-13H2;1H. The molecule has 3 aliphatic rings. The van der Waals surface area contributed by atoms with Crippen molar-refractivity contribution in [1.82, 2.24) is 14.5 Å². The summed E-state index contributed by atoms with van der Waals surface area (Å²) >= 11 is 0. The van der Waals surface area contributed by atoms with Gasteiger partial charge in [-0.15, -0.1) is 12.4 Å². The second-order valence-electron chi connectivity index (χ2n) is 7.08. The first-order chi connectivity index (χ1) is 11.1. The predicted molar refractivity (Wildman–Crippen MR) is 96.8 cm³/mol. The zero-order valence-electron chi connectivity index (χ0n) is 14.3. The van der Waals surface area contributed by atoms with E-state index in [0.717, 1.165) is 58.2 Å². The lowest BCUT2D eigenvalue weighted by atomic mass is 10.0. The second-order valence-corrected chi connectivity index (χ2v) is 9.29. The maximum Gasteiger partial charge on any atom is 0.225 e. The molecule has 140 valence electrons. The smallest absolute Gasteiger partial charge is 0.225 e. The van der Waals surface area contributed by atoms with Crippen LogP contribution in [-0.2, 0) is 14.8 Å². The highest BCUT2D eigenvalue weighted by molar-refractivity contribution is 7.89. The molecule has 0 spiro atoms. The summed E-state index contributed by atoms with van der Waals surface area (Å²) in [7, 11) is -3.30. The number of nitrogens with one attached hydrogen (secondary N) is 1. The summed E-state index contributed by atoms with van der Waals surface area (Å²) in [6.45, 7) is 3.86. The first-order valence-electron chi connectivity index (χ1n) is 9.07. The van der Waals surface area contributed by atoms with Crippen LogP contribution in [0.1, 0.15) is 44.9 Å². The second kappa shape index (κ2) is 8.83. The normalized spacial score (nSPS) is 27.5. The molecule has 3 rings (SSSR count). The van der Waals surface area contributed by atoms with E-state index in [-0.39, 0.29) is 24.2 Å². The lowest BCUT2D eigenvalue weighted by Gasteiger charge is -2.36. The largest absolute Gasteiger partial charge is 0.341 e. The number of rotatable bonds is 3. The topological polar surface area (TPSA) is 69.7 Å². The third-order valence-electron chi connectivity index (χ3n) is 5.47. The van der Waals surface area contributed by atoms with Crippen molar-refractivity contribution >= 4 is 28.3 Å². The Morgan fingerprint density at radius 1 is 0.917 bits per heavy atom. The van der Waals surface area contributed by atoms with Gasteiger partial charge in [0.25, 0.3) is 0 Å². The molecule has 2 heterocycles. The highest BCUT2D eigenvalue weighted by Crippen LogP contribution is 2.29. The molecule has 1 aliphatic carbocycles. The van der Waals surface area contributed by atoms with E-state index >= 15 is 0 Å². The Hall–Kier alpha value is -0.370. The van der Waals surface area contributed by atoms with Crippen molar-refractivity contribution in [1.29, 1.82) is 0 Å². The molecule has 8 heteroatoms. The number of sulfonamides is 1. The minimum absolute atomic E-state index is 0. The summed E-state index contributed by atoms with van der Waals surface area (Å²) in [6, 6.07) is 0. The Balaban J connectivity index is 0.00000208. The van der Waals surface area contributed by atoms with E-state index in [1.165, 1.54) is 0 Å². The molecule has 2 saturated heterocycles. The van der Waals surface area contributed by atoms with Crippen molar-refractivity contribution in [2.45, 2.75) is 50.2 Å². The quantitative estimate of drug-likeness (QED) is 0.800. The van der Waals surface area contributed by atoms with E-state index < -0.39 is 15.3 Å². The van der Waals surface area contributed by atoms with Gasteiger partial charge in [0, 0.05) is 38.6 Å². The van der Waals surface area contributed by atoms with Gasteiger partial charge in [0.05, 0.1) is 5.25 Å². The van der Waals surface area contributed by atoms with Gasteiger partial charge in [-0.3, -0.25) is 4.79 Å². The van der Waals surface area contributed by atoms with Gasteiger partial charge in [0.15, 0.2) is 0 Å². The van der Waals surface area contributed by atoms with Crippen LogP contribution >= 0.6 is 12.4 Å². The van der Waals surface area contributed by atoms with Crippen molar-refractivity contribution in [2.24, 2.45) is 5.92 Å². The van der Waals surface area contributed by atoms with Crippen LogP contribution in [0.2, 0.25) is 0 Å². The summed E-state index contributed by atoms with van der Waals surface area (Å²) < 4.78 is 27.5. The van der Waals surface area contributed by atoms with Crippen molar-refractivity contribution < 1.29 is 13.2 Å². The summed E-state index contributed by atoms with van der Waals surface area (Å²) in [5.41, 5.74) is 0. The third-order valence-corrected chi connectivity index (χ3v) is 7.79. The van der Waals surface area contributed by atoms with E-state index in [1.807, 2.05) is 4.90 Å². The Bertz CT molecular complexity index is 515. The number of nitrogens with zero attached hydrogens (tertiary/aromatic N) is 2. The number of piperidine rings is 1. The molecule has 1 unspecified atom stereocenters. The molecule has 0 aromatic carbocycles. The average molecular weight is 380 g/mol. The van der Waals surface area contributed by atoms with E-state index in [9.17, 15) is 13.2 Å². The van der Waals surface area contributed by atoms with Crippen LogP contribution in [0.3, 0.4) is 0 Å². The highest BCUT2D eigenvalue weighted by atomic mass is 35.5. The van der Waals surface area contributed by atoms with Crippen LogP contribution in [0, 0.1) is 5.92 Å². The number of amides is 1. The van der Waals surface area contributed by atoms with Gasteiger partial charge in [0.1, 0.15) is 0 Å². The number of carbonyl (C=O) groups excluding carboxylic acids is 1. The molecule has 24 heavy (non-hydrogen) atoms. The Morgan fingerprint density at radius 3 is 2.42 bits per heavy atom. The summed E-state index contributed by atoms with van der Waals surface area (Å²) in [4.78, 5) is 14.4. The molecule has 0 aromatic rings. The van der Waals surface area contributed by atoms with E-state index in [2.05, 4.69) is 5.32 Å².